The lowest BCUT2D eigenvalue weighted by molar-refractivity contribution is 0.0634. The van der Waals surface area contributed by atoms with Gasteiger partial charge in [0.1, 0.15) is 11.4 Å². The Labute approximate surface area is 215 Å². The summed E-state index contributed by atoms with van der Waals surface area (Å²) in [6, 6.07) is 17.2. The SMILES string of the molecule is CC(C)(C)OC(=O)Nc1ccc(Oc2ccnc(Nc3cc(Br)cc(C(=O)O)c3)n2)c2ccccc12. The van der Waals surface area contributed by atoms with E-state index >= 15 is 0 Å². The number of nitrogens with zero attached hydrogens (tertiary/aromatic N) is 2. The monoisotopic (exact) mass is 550 g/mol. The zero-order valence-corrected chi connectivity index (χ0v) is 21.3. The van der Waals surface area contributed by atoms with Gasteiger partial charge in [-0.15, -0.1) is 0 Å². The number of carbonyl (C=O) groups excluding carboxylic acids is 1. The van der Waals surface area contributed by atoms with E-state index in [9.17, 15) is 14.7 Å². The summed E-state index contributed by atoms with van der Waals surface area (Å²) >= 11 is 3.31. The van der Waals surface area contributed by atoms with Crippen LogP contribution >= 0.6 is 15.9 Å². The molecule has 4 rings (SSSR count). The second-order valence-electron chi connectivity index (χ2n) is 8.76. The molecule has 0 aliphatic rings. The van der Waals surface area contributed by atoms with Crippen molar-refractivity contribution in [3.63, 3.8) is 0 Å². The van der Waals surface area contributed by atoms with Gasteiger partial charge in [-0.05, 0) is 51.1 Å². The van der Waals surface area contributed by atoms with E-state index in [0.29, 0.717) is 21.6 Å². The van der Waals surface area contributed by atoms with Crippen molar-refractivity contribution in [2.45, 2.75) is 26.4 Å². The number of hydrogen-bond donors (Lipinski definition) is 3. The van der Waals surface area contributed by atoms with Gasteiger partial charge >= 0.3 is 12.1 Å². The molecule has 0 spiro atoms. The Kier molecular flexibility index (Phi) is 7.07. The van der Waals surface area contributed by atoms with Crippen molar-refractivity contribution >= 4 is 56.1 Å². The van der Waals surface area contributed by atoms with Crippen LogP contribution in [0.15, 0.2) is 71.3 Å². The highest BCUT2D eigenvalue weighted by Gasteiger charge is 2.18. The third-order valence-corrected chi connectivity index (χ3v) is 5.22. The highest BCUT2D eigenvalue weighted by Crippen LogP contribution is 2.34. The number of carbonyl (C=O) groups is 2. The molecule has 0 radical (unpaired) electrons. The molecule has 0 saturated carbocycles. The number of halogens is 1. The van der Waals surface area contributed by atoms with Crippen LogP contribution in [0.25, 0.3) is 10.8 Å². The highest BCUT2D eigenvalue weighted by atomic mass is 79.9. The second-order valence-corrected chi connectivity index (χ2v) is 9.68. The van der Waals surface area contributed by atoms with Gasteiger partial charge in [0.25, 0.3) is 0 Å². The fourth-order valence-corrected chi connectivity index (χ4v) is 3.86. The topological polar surface area (TPSA) is 123 Å². The molecule has 0 atom stereocenters. The maximum atomic E-state index is 12.3. The molecule has 184 valence electrons. The predicted octanol–water partition coefficient (Wildman–Crippen LogP) is 6.97. The third kappa shape index (κ3) is 6.28. The fraction of sp³-hybridized carbons (Fsp3) is 0.154. The molecule has 0 aliphatic heterocycles. The second kappa shape index (κ2) is 10.2. The molecule has 4 aromatic rings. The summed E-state index contributed by atoms with van der Waals surface area (Å²) in [7, 11) is 0. The average molecular weight is 551 g/mol. The van der Waals surface area contributed by atoms with Gasteiger partial charge in [0, 0.05) is 33.2 Å². The van der Waals surface area contributed by atoms with Crippen molar-refractivity contribution in [1.82, 2.24) is 9.97 Å². The first-order valence-corrected chi connectivity index (χ1v) is 11.7. The number of ether oxygens (including phenoxy) is 2. The number of nitrogens with one attached hydrogen (secondary N) is 2. The number of carboxylic acid groups (broad SMARTS) is 1. The summed E-state index contributed by atoms with van der Waals surface area (Å²) in [6.07, 6.45) is 0.980. The molecular weight excluding hydrogens is 528 g/mol. The van der Waals surface area contributed by atoms with Gasteiger partial charge in [-0.2, -0.15) is 4.98 Å². The number of carboxylic acids is 1. The van der Waals surface area contributed by atoms with Gasteiger partial charge < -0.3 is 19.9 Å². The Hall–Kier alpha value is -4.18. The van der Waals surface area contributed by atoms with E-state index in [2.05, 4.69) is 36.5 Å². The Morgan fingerprint density at radius 1 is 1.00 bits per heavy atom. The van der Waals surface area contributed by atoms with Crippen LogP contribution in [0, 0.1) is 0 Å². The number of amides is 1. The van der Waals surface area contributed by atoms with Crippen molar-refractivity contribution in [3.8, 4) is 11.6 Å². The van der Waals surface area contributed by atoms with Crippen LogP contribution in [-0.4, -0.2) is 32.7 Å². The number of benzene rings is 3. The molecule has 3 aromatic carbocycles. The van der Waals surface area contributed by atoms with Crippen molar-refractivity contribution in [3.05, 3.63) is 76.9 Å². The molecule has 36 heavy (non-hydrogen) atoms. The molecule has 0 fully saturated rings. The molecule has 1 heterocycles. The lowest BCUT2D eigenvalue weighted by atomic mass is 10.1. The van der Waals surface area contributed by atoms with Crippen LogP contribution in [0.5, 0.6) is 11.6 Å². The Bertz CT molecular complexity index is 1450. The van der Waals surface area contributed by atoms with E-state index in [1.54, 1.807) is 45.0 Å². The summed E-state index contributed by atoms with van der Waals surface area (Å²) in [5.41, 5.74) is 0.584. The average Bonchev–Trinajstić information content (AvgIpc) is 2.79. The minimum atomic E-state index is -1.05. The summed E-state index contributed by atoms with van der Waals surface area (Å²) < 4.78 is 12.0. The summed E-state index contributed by atoms with van der Waals surface area (Å²) in [4.78, 5) is 32.2. The molecule has 1 aromatic heterocycles. The number of anilines is 3. The van der Waals surface area contributed by atoms with E-state index in [1.807, 2.05) is 24.3 Å². The van der Waals surface area contributed by atoms with Crippen LogP contribution in [0.1, 0.15) is 31.1 Å². The third-order valence-electron chi connectivity index (χ3n) is 4.77. The number of rotatable bonds is 6. The first kappa shape index (κ1) is 24.9. The smallest absolute Gasteiger partial charge is 0.412 e. The van der Waals surface area contributed by atoms with Crippen molar-refractivity contribution < 1.29 is 24.2 Å². The van der Waals surface area contributed by atoms with Gasteiger partial charge in [0.15, 0.2) is 0 Å². The zero-order valence-electron chi connectivity index (χ0n) is 19.7. The number of fused-ring (bicyclic) bond motifs is 1. The van der Waals surface area contributed by atoms with E-state index in [0.717, 1.165) is 10.8 Å². The minimum absolute atomic E-state index is 0.117. The van der Waals surface area contributed by atoms with E-state index in [4.69, 9.17) is 9.47 Å². The molecule has 3 N–H and O–H groups in total. The van der Waals surface area contributed by atoms with Crippen LogP contribution < -0.4 is 15.4 Å². The maximum Gasteiger partial charge on any atom is 0.412 e. The predicted molar refractivity (Wildman–Crippen MR) is 140 cm³/mol. The van der Waals surface area contributed by atoms with Gasteiger partial charge in [0.2, 0.25) is 11.8 Å². The molecule has 1 amide bonds. The van der Waals surface area contributed by atoms with Gasteiger partial charge in [-0.25, -0.2) is 14.6 Å². The summed E-state index contributed by atoms with van der Waals surface area (Å²) in [6.45, 7) is 5.40. The fourth-order valence-electron chi connectivity index (χ4n) is 3.37. The quantitative estimate of drug-likeness (QED) is 0.235. The van der Waals surface area contributed by atoms with Crippen LogP contribution in [-0.2, 0) is 4.74 Å². The van der Waals surface area contributed by atoms with Crippen LogP contribution in [0.3, 0.4) is 0 Å². The Morgan fingerprint density at radius 2 is 1.75 bits per heavy atom. The number of aromatic carboxylic acids is 1. The molecule has 0 saturated heterocycles. The van der Waals surface area contributed by atoms with Crippen LogP contribution in [0.4, 0.5) is 22.1 Å². The lowest BCUT2D eigenvalue weighted by Crippen LogP contribution is -2.27. The van der Waals surface area contributed by atoms with Gasteiger partial charge in [0.05, 0.1) is 11.3 Å². The van der Waals surface area contributed by atoms with Crippen LogP contribution in [0.2, 0.25) is 0 Å². The first-order chi connectivity index (χ1) is 17.1. The Morgan fingerprint density at radius 3 is 2.47 bits per heavy atom. The summed E-state index contributed by atoms with van der Waals surface area (Å²) in [5, 5.41) is 16.6. The zero-order chi connectivity index (χ0) is 25.9. The molecular formula is C26H23BrN4O5. The van der Waals surface area contributed by atoms with Gasteiger partial charge in [-0.1, -0.05) is 40.2 Å². The Balaban J connectivity index is 1.58. The molecule has 0 unspecified atom stereocenters. The summed E-state index contributed by atoms with van der Waals surface area (Å²) in [5.74, 6) is -0.0112. The maximum absolute atomic E-state index is 12.3. The van der Waals surface area contributed by atoms with Crippen molar-refractivity contribution in [1.29, 1.82) is 0 Å². The normalized spacial score (nSPS) is 11.1. The molecule has 0 bridgehead atoms. The molecule has 10 heteroatoms. The van der Waals surface area contributed by atoms with Crippen molar-refractivity contribution in [2.24, 2.45) is 0 Å². The lowest BCUT2D eigenvalue weighted by Gasteiger charge is -2.20. The van der Waals surface area contributed by atoms with E-state index in [-0.39, 0.29) is 17.4 Å². The number of aromatic nitrogens is 2. The first-order valence-electron chi connectivity index (χ1n) is 10.9. The van der Waals surface area contributed by atoms with E-state index < -0.39 is 17.7 Å². The van der Waals surface area contributed by atoms with Gasteiger partial charge in [-0.3, -0.25) is 5.32 Å². The largest absolute Gasteiger partial charge is 0.478 e. The highest BCUT2D eigenvalue weighted by molar-refractivity contribution is 9.10. The molecule has 9 nitrogen and oxygen atoms in total. The minimum Gasteiger partial charge on any atom is -0.478 e. The molecule has 0 aliphatic carbocycles. The number of hydrogen-bond acceptors (Lipinski definition) is 7. The van der Waals surface area contributed by atoms with E-state index in [1.165, 1.54) is 18.3 Å². The van der Waals surface area contributed by atoms with Crippen molar-refractivity contribution in [2.75, 3.05) is 10.6 Å². The standard InChI is InChI=1S/C26H23BrN4O5/c1-26(2,3)36-25(34)30-20-8-9-21(19-7-5-4-6-18(19)20)35-22-10-11-28-24(31-22)29-17-13-15(23(32)33)12-16(27)14-17/h4-14H,1-3H3,(H,30,34)(H,32,33)(H,28,29,31).